The first-order valence-corrected chi connectivity index (χ1v) is 9.03. The molecule has 0 saturated carbocycles. The lowest BCUT2D eigenvalue weighted by Gasteiger charge is -2.05. The van der Waals surface area contributed by atoms with Crippen molar-refractivity contribution in [1.82, 2.24) is 0 Å². The van der Waals surface area contributed by atoms with E-state index in [1.165, 1.54) is 23.9 Å². The second-order valence-corrected chi connectivity index (χ2v) is 7.31. The summed E-state index contributed by atoms with van der Waals surface area (Å²) in [7, 11) is 0. The summed E-state index contributed by atoms with van der Waals surface area (Å²) >= 11 is 12.7. The van der Waals surface area contributed by atoms with Gasteiger partial charge in [-0.3, -0.25) is 0 Å². The van der Waals surface area contributed by atoms with Gasteiger partial charge < -0.3 is 10.1 Å². The van der Waals surface area contributed by atoms with Crippen LogP contribution in [0, 0.1) is 12.7 Å². The summed E-state index contributed by atoms with van der Waals surface area (Å²) in [6.07, 6.45) is 1.77. The van der Waals surface area contributed by atoms with Crippen LogP contribution in [-0.4, -0.2) is 16.1 Å². The molecule has 128 valence electrons. The summed E-state index contributed by atoms with van der Waals surface area (Å²) < 4.78 is 19.2. The molecule has 2 aromatic carbocycles. The molecule has 1 saturated heterocycles. The lowest BCUT2D eigenvalue weighted by atomic mass is 10.2. The Morgan fingerprint density at radius 3 is 2.76 bits per heavy atom. The number of nitrogens with zero attached hydrogens (tertiary/aromatic N) is 1. The number of aliphatic imine (C=N–C) groups is 1. The Labute approximate surface area is 159 Å². The normalized spacial score (nSPS) is 17.2. The first kappa shape index (κ1) is 17.9. The molecule has 1 aliphatic rings. The molecule has 0 aliphatic carbocycles. The fourth-order valence-electron chi connectivity index (χ4n) is 2.05. The van der Waals surface area contributed by atoms with Crippen LogP contribution in [0.3, 0.4) is 0 Å². The second-order valence-electron chi connectivity index (χ2n) is 5.27. The average Bonchev–Trinajstić information content (AvgIpc) is 2.93. The number of thioether (sulfide) groups is 1. The van der Waals surface area contributed by atoms with E-state index in [0.29, 0.717) is 26.9 Å². The van der Waals surface area contributed by atoms with Crippen LogP contribution in [0.15, 0.2) is 53.2 Å². The summed E-state index contributed by atoms with van der Waals surface area (Å²) in [6, 6.07) is 11.8. The molecule has 3 rings (SSSR count). The quantitative estimate of drug-likeness (QED) is 0.538. The van der Waals surface area contributed by atoms with Crippen molar-refractivity contribution in [1.29, 1.82) is 0 Å². The minimum absolute atomic E-state index is 0.282. The van der Waals surface area contributed by atoms with Crippen LogP contribution < -0.4 is 5.32 Å². The highest BCUT2D eigenvalue weighted by Crippen LogP contribution is 2.28. The maximum Gasteiger partial charge on any atom is 0.259 e. The van der Waals surface area contributed by atoms with E-state index in [-0.39, 0.29) is 5.82 Å². The van der Waals surface area contributed by atoms with Crippen LogP contribution >= 0.6 is 35.6 Å². The minimum Gasteiger partial charge on any atom is -0.431 e. The van der Waals surface area contributed by atoms with E-state index in [4.69, 9.17) is 28.6 Å². The Morgan fingerprint density at radius 2 is 2.04 bits per heavy atom. The lowest BCUT2D eigenvalue weighted by Crippen LogP contribution is -2.02. The number of anilines is 1. The number of ether oxygens (including phenoxy) is 1. The second kappa shape index (κ2) is 7.99. The highest BCUT2D eigenvalue weighted by Gasteiger charge is 2.23. The maximum atomic E-state index is 12.9. The van der Waals surface area contributed by atoms with Crippen LogP contribution in [-0.2, 0) is 4.74 Å². The molecule has 0 unspecified atom stereocenters. The number of hydrogen-bond acceptors (Lipinski definition) is 5. The van der Waals surface area contributed by atoms with Gasteiger partial charge in [-0.1, -0.05) is 42.0 Å². The first-order valence-electron chi connectivity index (χ1n) is 7.43. The molecule has 0 aromatic heterocycles. The summed E-state index contributed by atoms with van der Waals surface area (Å²) in [5.74, 6) is 0.264. The van der Waals surface area contributed by atoms with Gasteiger partial charge in [0.1, 0.15) is 16.7 Å². The third kappa shape index (κ3) is 4.81. The van der Waals surface area contributed by atoms with Crippen LogP contribution in [0.25, 0.3) is 6.08 Å². The number of halogens is 2. The summed E-state index contributed by atoms with van der Waals surface area (Å²) in [6.45, 7) is 2.29. The highest BCUT2D eigenvalue weighted by molar-refractivity contribution is 8.33. The molecule has 1 aliphatic heterocycles. The van der Waals surface area contributed by atoms with Gasteiger partial charge in [-0.05, 0) is 60.2 Å². The molecule has 0 bridgehead atoms. The van der Waals surface area contributed by atoms with Gasteiger partial charge in [0.15, 0.2) is 5.76 Å². The SMILES string of the molecule is Cc1ccc(NC/N=C2/O/C(=C\c3ccc(F)cc3)C(=S)S2)cc1Cl. The summed E-state index contributed by atoms with van der Waals surface area (Å²) in [4.78, 5) is 4.34. The molecule has 0 atom stereocenters. The zero-order chi connectivity index (χ0) is 17.8. The van der Waals surface area contributed by atoms with Gasteiger partial charge in [0.2, 0.25) is 0 Å². The molecular weight excluding hydrogens is 379 g/mol. The molecule has 0 amide bonds. The summed E-state index contributed by atoms with van der Waals surface area (Å²) in [5.41, 5.74) is 2.72. The van der Waals surface area contributed by atoms with Crippen molar-refractivity contribution in [2.24, 2.45) is 4.99 Å². The van der Waals surface area contributed by atoms with Crippen molar-refractivity contribution in [2.75, 3.05) is 12.0 Å². The van der Waals surface area contributed by atoms with Crippen LogP contribution in [0.5, 0.6) is 0 Å². The number of nitrogens with one attached hydrogen (secondary N) is 1. The standard InChI is InChI=1S/C18H14ClFN2OS2/c1-11-2-7-14(9-15(11)19)21-10-22-18-23-16(17(24)25-18)8-12-3-5-13(20)6-4-12/h2-9,21H,10H2,1H3/b16-8-,22-18-. The minimum atomic E-state index is -0.282. The van der Waals surface area contributed by atoms with Crippen molar-refractivity contribution in [3.63, 3.8) is 0 Å². The Balaban J connectivity index is 1.62. The van der Waals surface area contributed by atoms with Crippen LogP contribution in [0.1, 0.15) is 11.1 Å². The number of rotatable bonds is 4. The molecule has 1 heterocycles. The lowest BCUT2D eigenvalue weighted by molar-refractivity contribution is 0.469. The molecule has 1 N–H and O–H groups in total. The van der Waals surface area contributed by atoms with Gasteiger partial charge in [0, 0.05) is 10.7 Å². The predicted octanol–water partition coefficient (Wildman–Crippen LogP) is 5.64. The molecule has 25 heavy (non-hydrogen) atoms. The predicted molar refractivity (Wildman–Crippen MR) is 108 cm³/mol. The first-order chi connectivity index (χ1) is 12.0. The largest absolute Gasteiger partial charge is 0.431 e. The van der Waals surface area contributed by atoms with Gasteiger partial charge in [0.25, 0.3) is 5.23 Å². The van der Waals surface area contributed by atoms with E-state index in [2.05, 4.69) is 10.3 Å². The monoisotopic (exact) mass is 392 g/mol. The van der Waals surface area contributed by atoms with E-state index >= 15 is 0 Å². The van der Waals surface area contributed by atoms with Gasteiger partial charge in [-0.15, -0.1) is 0 Å². The molecule has 0 radical (unpaired) electrons. The Bertz CT molecular complexity index is 866. The molecule has 7 heteroatoms. The van der Waals surface area contributed by atoms with Crippen LogP contribution in [0.4, 0.5) is 10.1 Å². The molecule has 1 fully saturated rings. The zero-order valence-electron chi connectivity index (χ0n) is 13.3. The topological polar surface area (TPSA) is 33.6 Å². The van der Waals surface area contributed by atoms with Gasteiger partial charge in [-0.25, -0.2) is 9.38 Å². The maximum absolute atomic E-state index is 12.9. The van der Waals surface area contributed by atoms with Crippen molar-refractivity contribution < 1.29 is 9.13 Å². The van der Waals surface area contributed by atoms with Crippen molar-refractivity contribution >= 4 is 56.8 Å². The molecule has 2 aromatic rings. The number of benzene rings is 2. The summed E-state index contributed by atoms with van der Waals surface area (Å²) in [5, 5.41) is 4.34. The van der Waals surface area contributed by atoms with Crippen molar-refractivity contribution in [3.05, 3.63) is 70.2 Å². The van der Waals surface area contributed by atoms with Gasteiger partial charge in [0.05, 0.1) is 0 Å². The van der Waals surface area contributed by atoms with Crippen molar-refractivity contribution in [3.8, 4) is 0 Å². The molecule has 0 spiro atoms. The van der Waals surface area contributed by atoms with E-state index in [1.54, 1.807) is 18.2 Å². The van der Waals surface area contributed by atoms with E-state index < -0.39 is 0 Å². The zero-order valence-corrected chi connectivity index (χ0v) is 15.6. The average molecular weight is 393 g/mol. The van der Waals surface area contributed by atoms with E-state index in [1.807, 2.05) is 25.1 Å². The van der Waals surface area contributed by atoms with Crippen LogP contribution in [0.2, 0.25) is 5.02 Å². The number of aryl methyl sites for hydroxylation is 1. The van der Waals surface area contributed by atoms with E-state index in [0.717, 1.165) is 16.8 Å². The Morgan fingerprint density at radius 1 is 1.28 bits per heavy atom. The number of thiocarbonyl (C=S) groups is 1. The fraction of sp³-hybridized carbons (Fsp3) is 0.111. The van der Waals surface area contributed by atoms with Gasteiger partial charge in [-0.2, -0.15) is 0 Å². The Kier molecular flexibility index (Phi) is 5.73. The van der Waals surface area contributed by atoms with Crippen molar-refractivity contribution in [2.45, 2.75) is 6.92 Å². The smallest absolute Gasteiger partial charge is 0.259 e. The third-order valence-electron chi connectivity index (χ3n) is 3.41. The van der Waals surface area contributed by atoms with Gasteiger partial charge >= 0.3 is 0 Å². The molecule has 3 nitrogen and oxygen atoms in total. The third-order valence-corrected chi connectivity index (χ3v) is 5.04. The fourth-order valence-corrected chi connectivity index (χ4v) is 3.16. The number of hydrogen-bond donors (Lipinski definition) is 1. The molecular formula is C18H14ClFN2OS2. The van der Waals surface area contributed by atoms with E-state index in [9.17, 15) is 4.39 Å². The highest BCUT2D eigenvalue weighted by atomic mass is 35.5. The Hall–Kier alpha value is -1.89.